The van der Waals surface area contributed by atoms with Crippen LogP contribution in [0.4, 0.5) is 0 Å². The lowest BCUT2D eigenvalue weighted by Gasteiger charge is -2.42. The van der Waals surface area contributed by atoms with Crippen LogP contribution in [0.1, 0.15) is 17.1 Å². The van der Waals surface area contributed by atoms with Crippen LogP contribution in [0.2, 0.25) is 0 Å². The quantitative estimate of drug-likeness (QED) is 0.146. The van der Waals surface area contributed by atoms with Crippen molar-refractivity contribution in [3.63, 3.8) is 0 Å². The van der Waals surface area contributed by atoms with E-state index in [1.54, 1.807) is 11.3 Å². The number of imidazole rings is 1. The Labute approximate surface area is 310 Å². The molecule has 0 unspecified atom stereocenters. The second kappa shape index (κ2) is 13.7. The minimum atomic E-state index is -3.13. The zero-order valence-corrected chi connectivity index (χ0v) is 31.0. The van der Waals surface area contributed by atoms with Gasteiger partial charge in [0.2, 0.25) is 0 Å². The van der Waals surface area contributed by atoms with Gasteiger partial charge in [0.25, 0.3) is 0 Å². The molecule has 0 fully saturated rings. The van der Waals surface area contributed by atoms with Gasteiger partial charge >= 0.3 is 0 Å². The third kappa shape index (κ3) is 5.50. The zero-order chi connectivity index (χ0) is 35.0. The average molecular weight is 730 g/mol. The van der Waals surface area contributed by atoms with E-state index in [0.717, 1.165) is 57.4 Å². The number of fused-ring (bicyclic) bond motifs is 3. The van der Waals surface area contributed by atoms with Crippen molar-refractivity contribution >= 4 is 44.4 Å². The first-order chi connectivity index (χ1) is 25.7. The number of aromatic nitrogens is 3. The molecule has 0 spiro atoms. The van der Waals surface area contributed by atoms with Crippen LogP contribution < -0.4 is 15.9 Å². The van der Waals surface area contributed by atoms with Crippen molar-refractivity contribution in [2.75, 3.05) is 0 Å². The van der Waals surface area contributed by atoms with E-state index < -0.39 is 17.2 Å². The van der Waals surface area contributed by atoms with Crippen molar-refractivity contribution < 1.29 is 4.57 Å². The molecule has 6 aromatic carbocycles. The first-order valence-electron chi connectivity index (χ1n) is 17.5. The molecule has 9 rings (SSSR count). The Morgan fingerprint density at radius 3 is 1.60 bits per heavy atom. The Morgan fingerprint density at radius 1 is 0.558 bits per heavy atom. The molecule has 8 aromatic rings. The largest absolute Gasteiger partial charge is 0.309 e. The SMILES string of the molecule is O=P(c1ccccc1)(c1ccccc1)c1ccc(S(c2ccccc2)(c2ccccc2)c2ccc(-c3nc4c(s3)CCCc3nccn3-4)cc2)cc1. The molecule has 0 aliphatic carbocycles. The van der Waals surface area contributed by atoms with Gasteiger partial charge in [0.05, 0.1) is 4.88 Å². The molecule has 0 radical (unpaired) electrons. The number of benzene rings is 6. The highest BCUT2D eigenvalue weighted by Crippen LogP contribution is 2.73. The van der Waals surface area contributed by atoms with Gasteiger partial charge in [-0.3, -0.25) is 4.57 Å². The van der Waals surface area contributed by atoms with E-state index in [9.17, 15) is 0 Å². The van der Waals surface area contributed by atoms with E-state index in [0.29, 0.717) is 0 Å². The molecule has 254 valence electrons. The summed E-state index contributed by atoms with van der Waals surface area (Å²) in [4.78, 5) is 16.0. The van der Waals surface area contributed by atoms with Crippen molar-refractivity contribution in [3.05, 3.63) is 193 Å². The lowest BCUT2D eigenvalue weighted by molar-refractivity contribution is 0.592. The van der Waals surface area contributed by atoms with Gasteiger partial charge in [-0.15, -0.1) is 21.4 Å². The minimum Gasteiger partial charge on any atom is -0.309 e. The smallest absolute Gasteiger partial charge is 0.171 e. The zero-order valence-electron chi connectivity index (χ0n) is 28.5. The first-order valence-corrected chi connectivity index (χ1v) is 21.7. The van der Waals surface area contributed by atoms with E-state index in [-0.39, 0.29) is 0 Å². The van der Waals surface area contributed by atoms with Gasteiger partial charge in [0.15, 0.2) is 13.0 Å². The van der Waals surface area contributed by atoms with Gasteiger partial charge in [0.1, 0.15) is 10.8 Å². The molecule has 0 saturated heterocycles. The summed E-state index contributed by atoms with van der Waals surface area (Å²) in [6.45, 7) is 0. The summed E-state index contributed by atoms with van der Waals surface area (Å²) >= 11 is 1.79. The minimum absolute atomic E-state index is 0.822. The van der Waals surface area contributed by atoms with Gasteiger partial charge in [0, 0.05) is 59.9 Å². The Morgan fingerprint density at radius 2 is 1.04 bits per heavy atom. The van der Waals surface area contributed by atoms with Crippen LogP contribution in [0, 0.1) is 0 Å². The summed E-state index contributed by atoms with van der Waals surface area (Å²) in [5, 5.41) is 3.51. The summed E-state index contributed by atoms with van der Waals surface area (Å²) in [5.41, 5.74) is 1.11. The van der Waals surface area contributed by atoms with Crippen LogP contribution in [0.15, 0.2) is 202 Å². The number of nitrogens with zero attached hydrogens (tertiary/aromatic N) is 3. The fourth-order valence-corrected chi connectivity index (χ4v) is 15.0. The summed E-state index contributed by atoms with van der Waals surface area (Å²) in [7, 11) is -5.09. The maximum Gasteiger partial charge on any atom is 0.171 e. The summed E-state index contributed by atoms with van der Waals surface area (Å²) in [5.74, 6) is 2.10. The van der Waals surface area contributed by atoms with Crippen molar-refractivity contribution in [2.45, 2.75) is 38.8 Å². The van der Waals surface area contributed by atoms with Gasteiger partial charge in [-0.2, -0.15) is 0 Å². The highest BCUT2D eigenvalue weighted by Gasteiger charge is 2.35. The van der Waals surface area contributed by atoms with Gasteiger partial charge < -0.3 is 4.57 Å². The van der Waals surface area contributed by atoms with Crippen LogP contribution in [-0.4, -0.2) is 14.5 Å². The molecule has 1 aliphatic heterocycles. The fraction of sp³-hybridized carbons (Fsp3) is 0.0667. The van der Waals surface area contributed by atoms with Crippen LogP contribution in [-0.2, 0) is 17.4 Å². The first kappa shape index (κ1) is 32.6. The molecular formula is C45H36N3OPS2. The van der Waals surface area contributed by atoms with Crippen LogP contribution in [0.5, 0.6) is 0 Å². The Balaban J connectivity index is 1.20. The molecule has 4 nitrogen and oxygen atoms in total. The molecule has 2 aromatic heterocycles. The molecular weight excluding hydrogens is 694 g/mol. The molecule has 7 heteroatoms. The number of hydrogen-bond acceptors (Lipinski definition) is 4. The van der Waals surface area contributed by atoms with Crippen molar-refractivity contribution in [1.82, 2.24) is 14.5 Å². The Kier molecular flexibility index (Phi) is 8.60. The Hall–Kier alpha value is -5.26. The second-order valence-corrected chi connectivity index (χ2v) is 19.8. The molecule has 52 heavy (non-hydrogen) atoms. The van der Waals surface area contributed by atoms with Gasteiger partial charge in [-0.25, -0.2) is 9.97 Å². The highest BCUT2D eigenvalue weighted by atomic mass is 32.3. The van der Waals surface area contributed by atoms with Gasteiger partial charge in [-0.05, 0) is 73.5 Å². The second-order valence-electron chi connectivity index (χ2n) is 12.9. The van der Waals surface area contributed by atoms with Crippen molar-refractivity contribution in [1.29, 1.82) is 0 Å². The highest BCUT2D eigenvalue weighted by molar-refractivity contribution is 8.34. The van der Waals surface area contributed by atoms with Crippen molar-refractivity contribution in [3.8, 4) is 16.4 Å². The molecule has 0 atom stereocenters. The molecule has 0 saturated carbocycles. The maximum atomic E-state index is 15.3. The summed E-state index contributed by atoms with van der Waals surface area (Å²) < 4.78 is 17.5. The fourth-order valence-electron chi connectivity index (χ4n) is 7.39. The normalized spacial score (nSPS) is 13.2. The van der Waals surface area contributed by atoms with E-state index in [2.05, 4.69) is 119 Å². The topological polar surface area (TPSA) is 47.8 Å². The predicted molar refractivity (Wildman–Crippen MR) is 216 cm³/mol. The number of aryl methyl sites for hydroxylation is 2. The predicted octanol–water partition coefficient (Wildman–Crippen LogP) is 10.5. The molecule has 0 N–H and O–H groups in total. The van der Waals surface area contributed by atoms with Crippen LogP contribution >= 0.6 is 28.5 Å². The lowest BCUT2D eigenvalue weighted by Crippen LogP contribution is -2.25. The van der Waals surface area contributed by atoms with E-state index in [1.165, 1.54) is 24.5 Å². The molecule has 0 amide bonds. The summed E-state index contributed by atoms with van der Waals surface area (Å²) in [6, 6.07) is 59.2. The van der Waals surface area contributed by atoms with E-state index in [1.807, 2.05) is 73.1 Å². The van der Waals surface area contributed by atoms with Crippen LogP contribution in [0.3, 0.4) is 0 Å². The molecule has 1 aliphatic rings. The number of thiazole rings is 1. The third-order valence-corrected chi connectivity index (χ3v) is 18.0. The van der Waals surface area contributed by atoms with E-state index >= 15 is 4.57 Å². The maximum absolute atomic E-state index is 15.3. The van der Waals surface area contributed by atoms with Crippen molar-refractivity contribution in [2.24, 2.45) is 0 Å². The van der Waals surface area contributed by atoms with Crippen LogP contribution in [0.25, 0.3) is 16.4 Å². The van der Waals surface area contributed by atoms with E-state index in [4.69, 9.17) is 4.98 Å². The standard InChI is InChI=1S/C45H36N3OPS2/c49-50(35-14-5-1-6-15-35,36-16-7-2-8-17-36)37-26-30-41(31-27-37)52(38-18-9-3-10-19-38,39-20-11-4-12-21-39)40-28-24-34(25-29-40)45-47-44-42(51-45)22-13-23-43-46-32-33-48(43)44/h1-12,14-21,24-33H,13,22-23H2. The number of rotatable bonds is 8. The number of hydrogen-bond donors (Lipinski definition) is 0. The van der Waals surface area contributed by atoms with Gasteiger partial charge in [-0.1, -0.05) is 109 Å². The molecule has 0 bridgehead atoms. The lowest BCUT2D eigenvalue weighted by atomic mass is 10.2. The monoisotopic (exact) mass is 729 g/mol. The molecule has 3 heterocycles. The summed E-state index contributed by atoms with van der Waals surface area (Å²) in [6.07, 6.45) is 6.98. The third-order valence-electron chi connectivity index (χ3n) is 9.87. The average Bonchev–Trinajstić information content (AvgIpc) is 3.84. The Bertz CT molecular complexity index is 2420.